The fourth-order valence-electron chi connectivity index (χ4n) is 2.99. The molecule has 1 atom stereocenters. The van der Waals surface area contributed by atoms with Crippen LogP contribution in [0.15, 0.2) is 12.4 Å². The smallest absolute Gasteiger partial charge is 0.0771 e. The van der Waals surface area contributed by atoms with Gasteiger partial charge in [-0.1, -0.05) is 0 Å². The molecule has 2 aliphatic rings. The second-order valence-electron chi connectivity index (χ2n) is 5.74. The molecule has 106 valence electrons. The predicted molar refractivity (Wildman–Crippen MR) is 73.1 cm³/mol. The zero-order valence-corrected chi connectivity index (χ0v) is 11.3. The van der Waals surface area contributed by atoms with E-state index in [2.05, 4.69) is 16.6 Å². The number of nitrogens with one attached hydrogen (secondary N) is 1. The van der Waals surface area contributed by atoms with Crippen LogP contribution in [0.1, 0.15) is 38.5 Å². The molecule has 2 fully saturated rings. The first-order valence-electron chi connectivity index (χ1n) is 7.38. The largest absolute Gasteiger partial charge is 0.393 e. The monoisotopic (exact) mass is 265 g/mol. The number of anilines is 1. The van der Waals surface area contributed by atoms with Gasteiger partial charge in [-0.05, 0) is 38.5 Å². The van der Waals surface area contributed by atoms with Crippen molar-refractivity contribution in [3.8, 4) is 0 Å². The lowest BCUT2D eigenvalue weighted by molar-refractivity contribution is 0.0940. The van der Waals surface area contributed by atoms with Crippen LogP contribution in [0, 0.1) is 0 Å². The molecule has 0 spiro atoms. The Morgan fingerprint density at radius 1 is 1.32 bits per heavy atom. The molecule has 2 heterocycles. The molecule has 1 saturated heterocycles. The van der Waals surface area contributed by atoms with Crippen LogP contribution in [0.25, 0.3) is 0 Å². The van der Waals surface area contributed by atoms with E-state index in [1.54, 1.807) is 0 Å². The molecule has 0 aromatic carbocycles. The van der Waals surface area contributed by atoms with E-state index in [9.17, 15) is 5.11 Å². The van der Waals surface area contributed by atoms with Gasteiger partial charge in [0.2, 0.25) is 0 Å². The molecule has 5 nitrogen and oxygen atoms in total. The van der Waals surface area contributed by atoms with Crippen molar-refractivity contribution in [2.24, 2.45) is 0 Å². The Balaban J connectivity index is 1.50. The Bertz CT molecular complexity index is 393. The van der Waals surface area contributed by atoms with Crippen molar-refractivity contribution in [3.63, 3.8) is 0 Å². The average molecular weight is 265 g/mol. The summed E-state index contributed by atoms with van der Waals surface area (Å²) < 4.78 is 7.59. The molecular weight excluding hydrogens is 242 g/mol. The van der Waals surface area contributed by atoms with E-state index in [4.69, 9.17) is 4.74 Å². The second-order valence-corrected chi connectivity index (χ2v) is 5.74. The number of nitrogens with zero attached hydrogens (tertiary/aromatic N) is 2. The summed E-state index contributed by atoms with van der Waals surface area (Å²) >= 11 is 0. The lowest BCUT2D eigenvalue weighted by Gasteiger charge is -2.26. The van der Waals surface area contributed by atoms with Gasteiger partial charge in [0.1, 0.15) is 0 Å². The van der Waals surface area contributed by atoms with Crippen molar-refractivity contribution < 1.29 is 9.84 Å². The minimum absolute atomic E-state index is 0.0970. The summed E-state index contributed by atoms with van der Waals surface area (Å²) in [5, 5.41) is 17.4. The van der Waals surface area contributed by atoms with E-state index in [1.165, 1.54) is 6.42 Å². The summed E-state index contributed by atoms with van der Waals surface area (Å²) in [6, 6.07) is 0.476. The van der Waals surface area contributed by atoms with Crippen molar-refractivity contribution >= 4 is 5.69 Å². The van der Waals surface area contributed by atoms with Crippen LogP contribution in [-0.2, 0) is 11.3 Å². The molecule has 1 unspecified atom stereocenters. The maximum Gasteiger partial charge on any atom is 0.0771 e. The molecule has 1 aliphatic heterocycles. The number of aliphatic hydroxyl groups excluding tert-OH is 1. The Morgan fingerprint density at radius 2 is 2.16 bits per heavy atom. The molecule has 19 heavy (non-hydrogen) atoms. The van der Waals surface area contributed by atoms with Gasteiger partial charge in [-0.25, -0.2) is 0 Å². The topological polar surface area (TPSA) is 59.3 Å². The Morgan fingerprint density at radius 3 is 2.89 bits per heavy atom. The van der Waals surface area contributed by atoms with Crippen LogP contribution >= 0.6 is 0 Å². The first-order valence-corrected chi connectivity index (χ1v) is 7.38. The SMILES string of the molecule is OC1CCC(Nc2cnn(CC3CCCO3)c2)CC1. The zero-order valence-electron chi connectivity index (χ0n) is 11.3. The summed E-state index contributed by atoms with van der Waals surface area (Å²) in [4.78, 5) is 0. The van der Waals surface area contributed by atoms with Gasteiger partial charge in [-0.2, -0.15) is 5.10 Å². The standard InChI is InChI=1S/C14H23N3O2/c18-13-5-3-11(4-6-13)16-12-8-15-17(9-12)10-14-2-1-7-19-14/h8-9,11,13-14,16,18H,1-7,10H2. The van der Waals surface area contributed by atoms with Gasteiger partial charge in [0, 0.05) is 18.8 Å². The Kier molecular flexibility index (Phi) is 4.03. The van der Waals surface area contributed by atoms with Crippen LogP contribution in [0.3, 0.4) is 0 Å². The minimum atomic E-state index is -0.0970. The molecule has 2 N–H and O–H groups in total. The van der Waals surface area contributed by atoms with Gasteiger partial charge in [-0.15, -0.1) is 0 Å². The highest BCUT2D eigenvalue weighted by atomic mass is 16.5. The molecule has 3 rings (SSSR count). The quantitative estimate of drug-likeness (QED) is 0.871. The van der Waals surface area contributed by atoms with E-state index in [0.29, 0.717) is 12.1 Å². The van der Waals surface area contributed by atoms with Gasteiger partial charge < -0.3 is 15.2 Å². The van der Waals surface area contributed by atoms with E-state index in [1.807, 2.05) is 10.9 Å². The van der Waals surface area contributed by atoms with E-state index in [0.717, 1.165) is 50.9 Å². The van der Waals surface area contributed by atoms with Gasteiger partial charge in [0.05, 0.1) is 30.6 Å². The number of hydrogen-bond acceptors (Lipinski definition) is 4. The van der Waals surface area contributed by atoms with E-state index < -0.39 is 0 Å². The third-order valence-corrected chi connectivity index (χ3v) is 4.12. The van der Waals surface area contributed by atoms with Gasteiger partial charge in [0.15, 0.2) is 0 Å². The zero-order chi connectivity index (χ0) is 13.1. The lowest BCUT2D eigenvalue weighted by Crippen LogP contribution is -2.28. The van der Waals surface area contributed by atoms with Crippen LogP contribution in [-0.4, -0.2) is 39.7 Å². The Labute approximate surface area is 113 Å². The Hall–Kier alpha value is -1.07. The molecular formula is C14H23N3O2. The first kappa shape index (κ1) is 12.9. The maximum absolute atomic E-state index is 9.50. The number of aliphatic hydroxyl groups is 1. The molecule has 0 radical (unpaired) electrons. The van der Waals surface area contributed by atoms with Gasteiger partial charge >= 0.3 is 0 Å². The van der Waals surface area contributed by atoms with E-state index in [-0.39, 0.29) is 6.10 Å². The number of hydrogen-bond donors (Lipinski definition) is 2. The average Bonchev–Trinajstić information content (AvgIpc) is 3.05. The fraction of sp³-hybridized carbons (Fsp3) is 0.786. The summed E-state index contributed by atoms with van der Waals surface area (Å²) in [5.74, 6) is 0. The van der Waals surface area contributed by atoms with Crippen molar-refractivity contribution in [1.82, 2.24) is 9.78 Å². The fourth-order valence-corrected chi connectivity index (χ4v) is 2.99. The number of rotatable bonds is 4. The maximum atomic E-state index is 9.50. The van der Waals surface area contributed by atoms with E-state index >= 15 is 0 Å². The molecule has 1 saturated carbocycles. The minimum Gasteiger partial charge on any atom is -0.393 e. The molecule has 5 heteroatoms. The number of ether oxygens (including phenoxy) is 1. The van der Waals surface area contributed by atoms with Crippen molar-refractivity contribution in [2.45, 2.75) is 63.3 Å². The predicted octanol–water partition coefficient (Wildman–Crippen LogP) is 1.78. The summed E-state index contributed by atoms with van der Waals surface area (Å²) in [7, 11) is 0. The van der Waals surface area contributed by atoms with Gasteiger partial charge in [0.25, 0.3) is 0 Å². The molecule has 0 amide bonds. The normalized spacial score (nSPS) is 31.5. The van der Waals surface area contributed by atoms with Crippen LogP contribution in [0.2, 0.25) is 0 Å². The third-order valence-electron chi connectivity index (χ3n) is 4.12. The summed E-state index contributed by atoms with van der Waals surface area (Å²) in [5.41, 5.74) is 1.08. The summed E-state index contributed by atoms with van der Waals surface area (Å²) in [6.07, 6.45) is 10.4. The molecule has 1 aromatic rings. The number of aromatic nitrogens is 2. The third kappa shape index (κ3) is 3.48. The van der Waals surface area contributed by atoms with Gasteiger partial charge in [-0.3, -0.25) is 4.68 Å². The van der Waals surface area contributed by atoms with Crippen molar-refractivity contribution in [3.05, 3.63) is 12.4 Å². The summed E-state index contributed by atoms with van der Waals surface area (Å²) in [6.45, 7) is 1.74. The van der Waals surface area contributed by atoms with Crippen molar-refractivity contribution in [2.75, 3.05) is 11.9 Å². The molecule has 1 aliphatic carbocycles. The molecule has 1 aromatic heterocycles. The first-order chi connectivity index (χ1) is 9.29. The second kappa shape index (κ2) is 5.92. The highest BCUT2D eigenvalue weighted by Gasteiger charge is 2.20. The molecule has 0 bridgehead atoms. The van der Waals surface area contributed by atoms with Crippen LogP contribution in [0.4, 0.5) is 5.69 Å². The van der Waals surface area contributed by atoms with Crippen molar-refractivity contribution in [1.29, 1.82) is 0 Å². The highest BCUT2D eigenvalue weighted by molar-refractivity contribution is 5.39. The van der Waals surface area contributed by atoms with Crippen LogP contribution < -0.4 is 5.32 Å². The lowest BCUT2D eigenvalue weighted by atomic mass is 9.93. The highest BCUT2D eigenvalue weighted by Crippen LogP contribution is 2.22. The van der Waals surface area contributed by atoms with Crippen LogP contribution in [0.5, 0.6) is 0 Å².